The summed E-state index contributed by atoms with van der Waals surface area (Å²) in [7, 11) is 0. The normalized spacial score (nSPS) is 12.2. The molecule has 0 saturated carbocycles. The van der Waals surface area contributed by atoms with E-state index in [9.17, 15) is 22.8 Å². The SMILES string of the molecule is CCOC(=O)CN(CC(F)(F)F)C(=O)CNC(C)(C)C. The van der Waals surface area contributed by atoms with Crippen molar-refractivity contribution in [2.45, 2.75) is 39.4 Å². The fraction of sp³-hybridized carbons (Fsp3) is 0.833. The summed E-state index contributed by atoms with van der Waals surface area (Å²) in [6.45, 7) is 4.45. The molecule has 0 radical (unpaired) electrons. The fourth-order valence-electron chi connectivity index (χ4n) is 1.26. The Bertz CT molecular complexity index is 338. The second-order valence-corrected chi connectivity index (χ2v) is 5.27. The molecule has 0 aliphatic carbocycles. The van der Waals surface area contributed by atoms with Gasteiger partial charge >= 0.3 is 12.1 Å². The van der Waals surface area contributed by atoms with Crippen molar-refractivity contribution in [2.75, 3.05) is 26.2 Å². The molecule has 0 aromatic heterocycles. The summed E-state index contributed by atoms with van der Waals surface area (Å²) < 4.78 is 41.8. The van der Waals surface area contributed by atoms with Crippen molar-refractivity contribution < 1.29 is 27.5 Å². The fourth-order valence-corrected chi connectivity index (χ4v) is 1.26. The quantitative estimate of drug-likeness (QED) is 0.752. The van der Waals surface area contributed by atoms with Gasteiger partial charge in [-0.05, 0) is 27.7 Å². The van der Waals surface area contributed by atoms with Gasteiger partial charge in [-0.2, -0.15) is 13.2 Å². The molecule has 0 heterocycles. The average molecular weight is 298 g/mol. The lowest BCUT2D eigenvalue weighted by Crippen LogP contribution is -2.49. The lowest BCUT2D eigenvalue weighted by Gasteiger charge is -2.26. The third kappa shape index (κ3) is 9.60. The summed E-state index contributed by atoms with van der Waals surface area (Å²) in [6, 6.07) is 0. The van der Waals surface area contributed by atoms with E-state index in [0.717, 1.165) is 0 Å². The maximum atomic E-state index is 12.4. The van der Waals surface area contributed by atoms with Gasteiger partial charge in [0, 0.05) is 5.54 Å². The van der Waals surface area contributed by atoms with Crippen molar-refractivity contribution >= 4 is 11.9 Å². The third-order valence-corrected chi connectivity index (χ3v) is 2.12. The zero-order valence-corrected chi connectivity index (χ0v) is 12.1. The van der Waals surface area contributed by atoms with Crippen LogP contribution in [0.3, 0.4) is 0 Å². The number of ether oxygens (including phenoxy) is 1. The first-order valence-corrected chi connectivity index (χ1v) is 6.20. The van der Waals surface area contributed by atoms with E-state index in [1.54, 1.807) is 20.8 Å². The van der Waals surface area contributed by atoms with Gasteiger partial charge in [0.1, 0.15) is 13.1 Å². The minimum atomic E-state index is -4.57. The Hall–Kier alpha value is -1.31. The standard InChI is InChI=1S/C12H21F3N2O3/c1-5-20-10(19)7-17(8-12(13,14)15)9(18)6-16-11(2,3)4/h16H,5-8H2,1-4H3. The Labute approximate surface area is 116 Å². The summed E-state index contributed by atoms with van der Waals surface area (Å²) in [6.07, 6.45) is -4.57. The molecule has 0 spiro atoms. The van der Waals surface area contributed by atoms with Gasteiger partial charge in [0.25, 0.3) is 0 Å². The number of nitrogens with one attached hydrogen (secondary N) is 1. The summed E-state index contributed by atoms with van der Waals surface area (Å²) in [4.78, 5) is 23.4. The van der Waals surface area contributed by atoms with Crippen molar-refractivity contribution in [3.8, 4) is 0 Å². The highest BCUT2D eigenvalue weighted by molar-refractivity contribution is 5.83. The summed E-state index contributed by atoms with van der Waals surface area (Å²) in [5, 5.41) is 2.78. The van der Waals surface area contributed by atoms with E-state index in [2.05, 4.69) is 10.1 Å². The number of alkyl halides is 3. The van der Waals surface area contributed by atoms with E-state index < -0.39 is 36.7 Å². The van der Waals surface area contributed by atoms with Crippen LogP contribution in [0.4, 0.5) is 13.2 Å². The van der Waals surface area contributed by atoms with Crippen LogP contribution in [0.25, 0.3) is 0 Å². The second-order valence-electron chi connectivity index (χ2n) is 5.27. The average Bonchev–Trinajstić information content (AvgIpc) is 2.22. The number of nitrogens with zero attached hydrogens (tertiary/aromatic N) is 1. The van der Waals surface area contributed by atoms with Gasteiger partial charge in [0.15, 0.2) is 0 Å². The molecule has 0 aliphatic rings. The molecule has 1 amide bonds. The van der Waals surface area contributed by atoms with Crippen LogP contribution < -0.4 is 5.32 Å². The van der Waals surface area contributed by atoms with Gasteiger partial charge in [0.2, 0.25) is 5.91 Å². The molecule has 8 heteroatoms. The summed E-state index contributed by atoms with van der Waals surface area (Å²) in [5.41, 5.74) is -0.413. The molecule has 0 rings (SSSR count). The minimum Gasteiger partial charge on any atom is -0.465 e. The van der Waals surface area contributed by atoms with Crippen LogP contribution in [0.2, 0.25) is 0 Å². The Morgan fingerprint density at radius 2 is 1.75 bits per heavy atom. The van der Waals surface area contributed by atoms with Crippen LogP contribution in [0.1, 0.15) is 27.7 Å². The molecular formula is C12H21F3N2O3. The first kappa shape index (κ1) is 18.7. The van der Waals surface area contributed by atoms with Crippen molar-refractivity contribution in [2.24, 2.45) is 0 Å². The Kier molecular flexibility index (Phi) is 6.98. The molecule has 1 N–H and O–H groups in total. The first-order valence-electron chi connectivity index (χ1n) is 6.20. The van der Waals surface area contributed by atoms with Crippen molar-refractivity contribution in [3.63, 3.8) is 0 Å². The number of hydrogen-bond acceptors (Lipinski definition) is 4. The van der Waals surface area contributed by atoms with E-state index in [4.69, 9.17) is 0 Å². The molecule has 0 aromatic carbocycles. The number of amides is 1. The first-order chi connectivity index (χ1) is 8.94. The molecule has 0 saturated heterocycles. The van der Waals surface area contributed by atoms with Gasteiger partial charge in [-0.15, -0.1) is 0 Å². The van der Waals surface area contributed by atoms with Crippen molar-refractivity contribution in [1.82, 2.24) is 10.2 Å². The molecule has 20 heavy (non-hydrogen) atoms. The molecule has 0 fully saturated rings. The molecule has 0 aromatic rings. The summed E-state index contributed by atoms with van der Waals surface area (Å²) >= 11 is 0. The second kappa shape index (κ2) is 7.47. The maximum absolute atomic E-state index is 12.4. The number of carbonyl (C=O) groups is 2. The summed E-state index contributed by atoms with van der Waals surface area (Å²) in [5.74, 6) is -1.66. The molecule has 0 atom stereocenters. The monoisotopic (exact) mass is 298 g/mol. The van der Waals surface area contributed by atoms with E-state index in [-0.39, 0.29) is 13.2 Å². The van der Waals surface area contributed by atoms with Crippen LogP contribution in [0.5, 0.6) is 0 Å². The Balaban J connectivity index is 4.66. The van der Waals surface area contributed by atoms with Crippen LogP contribution in [-0.4, -0.2) is 54.7 Å². The molecule has 5 nitrogen and oxygen atoms in total. The van der Waals surface area contributed by atoms with Gasteiger partial charge in [-0.3, -0.25) is 9.59 Å². The van der Waals surface area contributed by atoms with E-state index in [1.807, 2.05) is 0 Å². The van der Waals surface area contributed by atoms with Crippen LogP contribution in [0.15, 0.2) is 0 Å². The van der Waals surface area contributed by atoms with Gasteiger partial charge in [-0.1, -0.05) is 0 Å². The smallest absolute Gasteiger partial charge is 0.406 e. The van der Waals surface area contributed by atoms with Crippen LogP contribution in [0, 0.1) is 0 Å². The molecular weight excluding hydrogens is 277 g/mol. The number of rotatable bonds is 6. The topological polar surface area (TPSA) is 58.6 Å². The van der Waals surface area contributed by atoms with E-state index in [1.165, 1.54) is 6.92 Å². The van der Waals surface area contributed by atoms with Gasteiger partial charge in [0.05, 0.1) is 13.2 Å². The highest BCUT2D eigenvalue weighted by atomic mass is 19.4. The van der Waals surface area contributed by atoms with E-state index in [0.29, 0.717) is 4.90 Å². The van der Waals surface area contributed by atoms with Crippen molar-refractivity contribution in [3.05, 3.63) is 0 Å². The molecule has 118 valence electrons. The minimum absolute atomic E-state index is 0.0487. The van der Waals surface area contributed by atoms with Gasteiger partial charge in [-0.25, -0.2) is 0 Å². The highest BCUT2D eigenvalue weighted by Crippen LogP contribution is 2.16. The number of halogens is 3. The molecule has 0 aliphatic heterocycles. The molecule has 0 unspecified atom stereocenters. The van der Waals surface area contributed by atoms with Crippen LogP contribution in [-0.2, 0) is 14.3 Å². The number of carbonyl (C=O) groups excluding carboxylic acids is 2. The predicted octanol–water partition coefficient (Wildman–Crippen LogP) is 1.33. The lowest BCUT2D eigenvalue weighted by atomic mass is 10.1. The Morgan fingerprint density at radius 1 is 1.20 bits per heavy atom. The number of hydrogen-bond donors (Lipinski definition) is 1. The number of esters is 1. The zero-order valence-electron chi connectivity index (χ0n) is 12.1. The highest BCUT2D eigenvalue weighted by Gasteiger charge is 2.34. The lowest BCUT2D eigenvalue weighted by molar-refractivity contribution is -0.166. The third-order valence-electron chi connectivity index (χ3n) is 2.12. The Morgan fingerprint density at radius 3 is 2.15 bits per heavy atom. The van der Waals surface area contributed by atoms with Gasteiger partial charge < -0.3 is 15.0 Å². The zero-order chi connectivity index (χ0) is 16.0. The van der Waals surface area contributed by atoms with Crippen molar-refractivity contribution in [1.29, 1.82) is 0 Å². The van der Waals surface area contributed by atoms with Crippen LogP contribution >= 0.6 is 0 Å². The maximum Gasteiger partial charge on any atom is 0.406 e. The van der Waals surface area contributed by atoms with E-state index >= 15 is 0 Å². The predicted molar refractivity (Wildman–Crippen MR) is 67.0 cm³/mol. The molecule has 0 bridgehead atoms. The largest absolute Gasteiger partial charge is 0.465 e.